The quantitative estimate of drug-likeness (QED) is 0.660. The number of carbonyl (C=O) groups excluding carboxylic acids is 2. The van der Waals surface area contributed by atoms with Gasteiger partial charge in [0, 0.05) is 30.1 Å². The first-order valence-corrected chi connectivity index (χ1v) is 12.9. The van der Waals surface area contributed by atoms with Crippen LogP contribution in [0.5, 0.6) is 0 Å². The summed E-state index contributed by atoms with van der Waals surface area (Å²) in [7, 11) is -3.67. The van der Waals surface area contributed by atoms with E-state index >= 15 is 0 Å². The maximum Gasteiger partial charge on any atom is 0.263 e. The molecule has 0 aromatic heterocycles. The van der Waals surface area contributed by atoms with Gasteiger partial charge in [0.25, 0.3) is 10.0 Å². The molecule has 2 aromatic carbocycles. The van der Waals surface area contributed by atoms with Crippen molar-refractivity contribution in [2.75, 3.05) is 13.1 Å². The van der Waals surface area contributed by atoms with Crippen LogP contribution in [-0.4, -0.2) is 50.0 Å². The minimum absolute atomic E-state index is 0.0639. The van der Waals surface area contributed by atoms with Crippen LogP contribution < -0.4 is 4.72 Å². The van der Waals surface area contributed by atoms with Crippen molar-refractivity contribution >= 4 is 27.5 Å². The van der Waals surface area contributed by atoms with Crippen LogP contribution in [0.1, 0.15) is 49.0 Å². The fraction of sp³-hybridized carbons (Fsp3) is 0.400. The predicted octanol–water partition coefficient (Wildman–Crippen LogP) is 3.26. The lowest BCUT2D eigenvalue weighted by Crippen LogP contribution is -2.46. The van der Waals surface area contributed by atoms with E-state index in [4.69, 9.17) is 0 Å². The molecule has 0 unspecified atom stereocenters. The zero-order valence-electron chi connectivity index (χ0n) is 18.9. The van der Waals surface area contributed by atoms with Gasteiger partial charge in [-0.1, -0.05) is 62.7 Å². The number of ketones is 1. The maximum atomic E-state index is 13.5. The van der Waals surface area contributed by atoms with E-state index in [0.29, 0.717) is 37.1 Å². The normalized spacial score (nSPS) is 20.7. The van der Waals surface area contributed by atoms with E-state index in [2.05, 4.69) is 9.71 Å². The van der Waals surface area contributed by atoms with Crippen molar-refractivity contribution in [3.8, 4) is 0 Å². The number of nitrogens with zero attached hydrogens (tertiary/aromatic N) is 2. The number of fused-ring (bicyclic) bond motifs is 1. The molecular formula is C25H29N3O4S. The van der Waals surface area contributed by atoms with Crippen LogP contribution in [0.3, 0.4) is 0 Å². The fourth-order valence-electron chi connectivity index (χ4n) is 4.41. The summed E-state index contributed by atoms with van der Waals surface area (Å²) in [5, 5.41) is 0. The van der Waals surface area contributed by atoms with E-state index in [-0.39, 0.29) is 34.3 Å². The molecule has 2 heterocycles. The number of nitrogens with one attached hydrogen (secondary N) is 1. The average Bonchev–Trinajstić information content (AvgIpc) is 3.11. The summed E-state index contributed by atoms with van der Waals surface area (Å²) < 4.78 is 27.4. The Hall–Kier alpha value is -3.00. The standard InChI is InChI=1S/C25H29N3O4S/c1-3-17(2)22(26-24-20-11-7-8-12-21(20)33(31,32)27-24)25(30)28-15-13-19(14-16-28)23(29)18-9-5-4-6-10-18/h4-12,17,19,22H,3,13-16H2,1-2H3,(H,26,27)/t17-,22-/m0/s1. The molecule has 1 amide bonds. The number of piperidine rings is 1. The summed E-state index contributed by atoms with van der Waals surface area (Å²) in [6.07, 6.45) is 1.95. The number of carbonyl (C=O) groups is 2. The van der Waals surface area contributed by atoms with Crippen molar-refractivity contribution in [1.29, 1.82) is 0 Å². The number of hydrogen-bond donors (Lipinski definition) is 1. The largest absolute Gasteiger partial charge is 0.341 e. The Kier molecular flexibility index (Phi) is 6.65. The highest BCUT2D eigenvalue weighted by molar-refractivity contribution is 7.90. The summed E-state index contributed by atoms with van der Waals surface area (Å²) in [6.45, 7) is 4.92. The molecule has 7 nitrogen and oxygen atoms in total. The monoisotopic (exact) mass is 467 g/mol. The highest BCUT2D eigenvalue weighted by atomic mass is 32.2. The lowest BCUT2D eigenvalue weighted by molar-refractivity contribution is -0.134. The van der Waals surface area contributed by atoms with Crippen LogP contribution in [0.15, 0.2) is 64.5 Å². The minimum atomic E-state index is -3.67. The number of likely N-dealkylation sites (tertiary alicyclic amines) is 1. The number of benzene rings is 2. The van der Waals surface area contributed by atoms with Crippen LogP contribution in [0.25, 0.3) is 0 Å². The molecule has 1 N–H and O–H groups in total. The summed E-state index contributed by atoms with van der Waals surface area (Å²) in [6, 6.07) is 15.2. The van der Waals surface area contributed by atoms with E-state index in [1.807, 2.05) is 44.2 Å². The Balaban J connectivity index is 1.51. The van der Waals surface area contributed by atoms with Gasteiger partial charge in [0.15, 0.2) is 5.78 Å². The average molecular weight is 468 g/mol. The lowest BCUT2D eigenvalue weighted by atomic mass is 9.88. The third kappa shape index (κ3) is 4.71. The molecule has 2 aliphatic rings. The Labute approximate surface area is 195 Å². The van der Waals surface area contributed by atoms with Gasteiger partial charge in [-0.15, -0.1) is 0 Å². The molecule has 0 saturated carbocycles. The second-order valence-corrected chi connectivity index (χ2v) is 10.4. The number of amides is 1. The maximum absolute atomic E-state index is 13.5. The molecular weight excluding hydrogens is 438 g/mol. The van der Waals surface area contributed by atoms with E-state index in [1.54, 1.807) is 23.1 Å². The Bertz CT molecular complexity index is 1170. The van der Waals surface area contributed by atoms with Gasteiger partial charge in [-0.3, -0.25) is 19.3 Å². The first-order chi connectivity index (χ1) is 15.8. The van der Waals surface area contributed by atoms with Gasteiger partial charge >= 0.3 is 0 Å². The molecule has 1 fully saturated rings. The fourth-order valence-corrected chi connectivity index (χ4v) is 5.64. The Morgan fingerprint density at radius 2 is 1.70 bits per heavy atom. The van der Waals surface area contributed by atoms with Gasteiger partial charge in [-0.25, -0.2) is 8.42 Å². The SMILES string of the molecule is CC[C@H](C)[C@H](N=C1NS(=O)(=O)c2ccccc21)C(=O)N1CCC(C(=O)c2ccccc2)CC1. The smallest absolute Gasteiger partial charge is 0.263 e. The van der Waals surface area contributed by atoms with Crippen LogP contribution in [0.4, 0.5) is 0 Å². The number of amidine groups is 1. The summed E-state index contributed by atoms with van der Waals surface area (Å²) >= 11 is 0. The van der Waals surface area contributed by atoms with Gasteiger partial charge in [0.2, 0.25) is 5.91 Å². The van der Waals surface area contributed by atoms with Crippen molar-refractivity contribution < 1.29 is 18.0 Å². The number of aliphatic imine (C=N–C) groups is 1. The second-order valence-electron chi connectivity index (χ2n) is 8.74. The van der Waals surface area contributed by atoms with E-state index < -0.39 is 16.1 Å². The molecule has 2 aromatic rings. The van der Waals surface area contributed by atoms with Gasteiger partial charge in [-0.2, -0.15) is 0 Å². The van der Waals surface area contributed by atoms with Crippen LogP contribution in [0.2, 0.25) is 0 Å². The van der Waals surface area contributed by atoms with Gasteiger partial charge in [0.1, 0.15) is 11.9 Å². The van der Waals surface area contributed by atoms with E-state index in [0.717, 1.165) is 6.42 Å². The third-order valence-electron chi connectivity index (χ3n) is 6.60. The second kappa shape index (κ2) is 9.47. The van der Waals surface area contributed by atoms with Crippen LogP contribution in [0, 0.1) is 11.8 Å². The third-order valence-corrected chi connectivity index (χ3v) is 8.00. The summed E-state index contributed by atoms with van der Waals surface area (Å²) in [4.78, 5) is 32.8. The number of rotatable bonds is 6. The molecule has 2 aliphatic heterocycles. The van der Waals surface area contributed by atoms with Crippen LogP contribution >= 0.6 is 0 Å². The highest BCUT2D eigenvalue weighted by Gasteiger charge is 2.36. The molecule has 4 rings (SSSR count). The molecule has 174 valence electrons. The molecule has 0 spiro atoms. The van der Waals surface area contributed by atoms with Gasteiger partial charge in [0.05, 0.1) is 4.90 Å². The van der Waals surface area contributed by atoms with Crippen molar-refractivity contribution in [2.24, 2.45) is 16.8 Å². The zero-order chi connectivity index (χ0) is 23.6. The molecule has 8 heteroatoms. The summed E-state index contributed by atoms with van der Waals surface area (Å²) in [5.41, 5.74) is 1.20. The van der Waals surface area contributed by atoms with E-state index in [1.165, 1.54) is 6.07 Å². The molecule has 0 aliphatic carbocycles. The number of hydrogen-bond acceptors (Lipinski definition) is 5. The van der Waals surface area contributed by atoms with Crippen molar-refractivity contribution in [3.63, 3.8) is 0 Å². The van der Waals surface area contributed by atoms with Gasteiger partial charge in [-0.05, 0) is 30.9 Å². The summed E-state index contributed by atoms with van der Waals surface area (Å²) in [5.74, 6) is 0.0621. The Morgan fingerprint density at radius 3 is 2.36 bits per heavy atom. The number of Topliss-reactive ketones (excluding diaryl/α,β-unsaturated/α-hetero) is 1. The lowest BCUT2D eigenvalue weighted by Gasteiger charge is -2.34. The topological polar surface area (TPSA) is 95.9 Å². The Morgan fingerprint density at radius 1 is 1.06 bits per heavy atom. The van der Waals surface area contributed by atoms with E-state index in [9.17, 15) is 18.0 Å². The first kappa shape index (κ1) is 23.2. The minimum Gasteiger partial charge on any atom is -0.341 e. The molecule has 1 saturated heterocycles. The molecule has 2 atom stereocenters. The van der Waals surface area contributed by atoms with Crippen LogP contribution in [-0.2, 0) is 14.8 Å². The molecule has 33 heavy (non-hydrogen) atoms. The molecule has 0 radical (unpaired) electrons. The van der Waals surface area contributed by atoms with Gasteiger partial charge < -0.3 is 4.90 Å². The van der Waals surface area contributed by atoms with Crippen molar-refractivity contribution in [2.45, 2.75) is 44.0 Å². The van der Waals surface area contributed by atoms with Crippen molar-refractivity contribution in [3.05, 3.63) is 65.7 Å². The molecule has 0 bridgehead atoms. The predicted molar refractivity (Wildman–Crippen MR) is 127 cm³/mol. The number of sulfonamides is 1. The van der Waals surface area contributed by atoms with Crippen molar-refractivity contribution in [1.82, 2.24) is 9.62 Å². The highest BCUT2D eigenvalue weighted by Crippen LogP contribution is 2.27. The first-order valence-electron chi connectivity index (χ1n) is 11.4. The zero-order valence-corrected chi connectivity index (χ0v) is 19.7.